The second kappa shape index (κ2) is 12.2. The molecule has 2 aliphatic rings. The Labute approximate surface area is 226 Å². The molecule has 2 unspecified atom stereocenters. The van der Waals surface area contributed by atoms with Gasteiger partial charge in [0.2, 0.25) is 0 Å². The Hall–Kier alpha value is -2.67. The van der Waals surface area contributed by atoms with E-state index in [1.165, 1.54) is 23.5 Å². The Balaban J connectivity index is 1.71. The molecule has 37 heavy (non-hydrogen) atoms. The minimum Gasteiger partial charge on any atom is -0.481 e. The van der Waals surface area contributed by atoms with Crippen LogP contribution in [-0.2, 0) is 19.1 Å². The number of carbonyl (C=O) groups is 2. The first kappa shape index (κ1) is 27.4. The van der Waals surface area contributed by atoms with E-state index in [0.29, 0.717) is 64.8 Å². The number of amidine groups is 1. The molecule has 1 aromatic carbocycles. The Kier molecular flexibility index (Phi) is 9.06. The third-order valence-electron chi connectivity index (χ3n) is 6.16. The van der Waals surface area contributed by atoms with Crippen LogP contribution < -0.4 is 5.32 Å². The molecular formula is C25H28BrFN4O5S. The molecule has 0 aliphatic carbocycles. The highest BCUT2D eigenvalue weighted by atomic mass is 79.9. The number of benzene rings is 1. The van der Waals surface area contributed by atoms with Crippen LogP contribution >= 0.6 is 27.3 Å². The first-order chi connectivity index (χ1) is 17.8. The SMILES string of the molecule is CCOC(=O)C1=C(CN2CCOC(CC(C)C(=O)O)C2)NC(c2nccs2)=N[C@H]1c1ccc(F)cc1Br. The van der Waals surface area contributed by atoms with Crippen molar-refractivity contribution in [3.05, 3.63) is 61.9 Å². The van der Waals surface area contributed by atoms with Gasteiger partial charge in [-0.15, -0.1) is 11.3 Å². The van der Waals surface area contributed by atoms with Crippen molar-refractivity contribution < 1.29 is 28.6 Å². The lowest BCUT2D eigenvalue weighted by atomic mass is 9.95. The van der Waals surface area contributed by atoms with E-state index in [1.807, 2.05) is 5.38 Å². The topological polar surface area (TPSA) is 113 Å². The summed E-state index contributed by atoms with van der Waals surface area (Å²) in [5.41, 5.74) is 1.55. The number of carboxylic acids is 1. The summed E-state index contributed by atoms with van der Waals surface area (Å²) in [4.78, 5) is 35.9. The molecule has 0 radical (unpaired) electrons. The van der Waals surface area contributed by atoms with Crippen LogP contribution in [0.1, 0.15) is 36.9 Å². The fourth-order valence-corrected chi connectivity index (χ4v) is 5.51. The lowest BCUT2D eigenvalue weighted by Crippen LogP contribution is -2.47. The van der Waals surface area contributed by atoms with E-state index >= 15 is 0 Å². The van der Waals surface area contributed by atoms with E-state index in [4.69, 9.17) is 14.5 Å². The highest BCUT2D eigenvalue weighted by Crippen LogP contribution is 2.37. The molecule has 2 aliphatic heterocycles. The number of rotatable bonds is 9. The zero-order valence-electron chi connectivity index (χ0n) is 20.4. The van der Waals surface area contributed by atoms with Crippen molar-refractivity contribution in [2.45, 2.75) is 32.4 Å². The maximum atomic E-state index is 13.9. The van der Waals surface area contributed by atoms with E-state index in [1.54, 1.807) is 26.1 Å². The summed E-state index contributed by atoms with van der Waals surface area (Å²) < 4.78 is 25.6. The van der Waals surface area contributed by atoms with E-state index in [-0.39, 0.29) is 12.7 Å². The van der Waals surface area contributed by atoms with Crippen molar-refractivity contribution in [3.63, 3.8) is 0 Å². The molecule has 198 valence electrons. The summed E-state index contributed by atoms with van der Waals surface area (Å²) in [6.07, 6.45) is 1.82. The predicted molar refractivity (Wildman–Crippen MR) is 140 cm³/mol. The van der Waals surface area contributed by atoms with Gasteiger partial charge in [-0.25, -0.2) is 14.2 Å². The van der Waals surface area contributed by atoms with Crippen molar-refractivity contribution in [1.82, 2.24) is 15.2 Å². The van der Waals surface area contributed by atoms with Gasteiger partial charge in [0, 0.05) is 41.4 Å². The molecule has 9 nitrogen and oxygen atoms in total. The van der Waals surface area contributed by atoms with Crippen LogP contribution in [0, 0.1) is 11.7 Å². The van der Waals surface area contributed by atoms with Crippen LogP contribution in [-0.4, -0.2) is 71.7 Å². The predicted octanol–water partition coefficient (Wildman–Crippen LogP) is 3.76. The third-order valence-corrected chi connectivity index (χ3v) is 7.62. The Morgan fingerprint density at radius 3 is 2.92 bits per heavy atom. The normalized spacial score (nSPS) is 21.2. The molecule has 3 atom stereocenters. The first-order valence-corrected chi connectivity index (χ1v) is 13.6. The highest BCUT2D eigenvalue weighted by molar-refractivity contribution is 9.10. The number of esters is 1. The fraction of sp³-hybridized carbons (Fsp3) is 0.440. The van der Waals surface area contributed by atoms with Crippen LogP contribution in [0.25, 0.3) is 0 Å². The standard InChI is InChI=1S/C25H28BrFN4O5S/c1-3-35-25(34)20-19(13-31-7-8-36-16(12-31)10-14(2)24(32)33)29-22(23-28-6-9-37-23)30-21(20)17-5-4-15(27)11-18(17)26/h4-6,9,11,14,16,21H,3,7-8,10,12-13H2,1-2H3,(H,29,30)(H,32,33)/t14?,16?,21-/m0/s1. The van der Waals surface area contributed by atoms with Gasteiger partial charge in [0.05, 0.1) is 30.8 Å². The van der Waals surface area contributed by atoms with Crippen LogP contribution in [0.2, 0.25) is 0 Å². The number of hydrogen-bond acceptors (Lipinski definition) is 9. The number of aromatic nitrogens is 1. The van der Waals surface area contributed by atoms with Gasteiger partial charge in [0.25, 0.3) is 0 Å². The maximum Gasteiger partial charge on any atom is 0.338 e. The summed E-state index contributed by atoms with van der Waals surface area (Å²) >= 11 is 4.84. The van der Waals surface area contributed by atoms with Crippen LogP contribution in [0.15, 0.2) is 50.5 Å². The zero-order chi connectivity index (χ0) is 26.5. The van der Waals surface area contributed by atoms with Crippen LogP contribution in [0.5, 0.6) is 0 Å². The number of nitrogens with zero attached hydrogens (tertiary/aromatic N) is 3. The van der Waals surface area contributed by atoms with E-state index < -0.39 is 29.7 Å². The Bertz CT molecular complexity index is 1210. The maximum absolute atomic E-state index is 13.9. The molecule has 12 heteroatoms. The molecule has 0 saturated carbocycles. The molecule has 2 N–H and O–H groups in total. The fourth-order valence-electron chi connectivity index (χ4n) is 4.35. The quantitative estimate of drug-likeness (QED) is 0.422. The van der Waals surface area contributed by atoms with Crippen molar-refractivity contribution >= 4 is 45.0 Å². The van der Waals surface area contributed by atoms with Crippen molar-refractivity contribution in [2.75, 3.05) is 32.8 Å². The number of morpholine rings is 1. The lowest BCUT2D eigenvalue weighted by molar-refractivity contribution is -0.143. The molecule has 1 aromatic heterocycles. The Morgan fingerprint density at radius 2 is 2.24 bits per heavy atom. The number of thiazole rings is 1. The summed E-state index contributed by atoms with van der Waals surface area (Å²) in [5, 5.41) is 15.1. The van der Waals surface area contributed by atoms with Gasteiger partial charge in [-0.05, 0) is 31.0 Å². The van der Waals surface area contributed by atoms with Gasteiger partial charge in [0.15, 0.2) is 10.8 Å². The van der Waals surface area contributed by atoms with Gasteiger partial charge in [-0.2, -0.15) is 0 Å². The number of aliphatic imine (C=N–C) groups is 1. The summed E-state index contributed by atoms with van der Waals surface area (Å²) in [5.74, 6) is -1.82. The lowest BCUT2D eigenvalue weighted by Gasteiger charge is -2.36. The van der Waals surface area contributed by atoms with Gasteiger partial charge in [-0.1, -0.05) is 28.9 Å². The first-order valence-electron chi connectivity index (χ1n) is 11.9. The van der Waals surface area contributed by atoms with Crippen molar-refractivity contribution in [3.8, 4) is 0 Å². The molecule has 4 rings (SSSR count). The summed E-state index contributed by atoms with van der Waals surface area (Å²) in [7, 11) is 0. The number of halogens is 2. The van der Waals surface area contributed by atoms with Gasteiger partial charge < -0.3 is 19.9 Å². The Morgan fingerprint density at radius 1 is 1.43 bits per heavy atom. The van der Waals surface area contributed by atoms with E-state index in [9.17, 15) is 19.1 Å². The molecule has 1 fully saturated rings. The average molecular weight is 595 g/mol. The number of aliphatic carboxylic acids is 1. The number of ether oxygens (including phenoxy) is 2. The number of carbonyl (C=O) groups excluding carboxylic acids is 1. The third kappa shape index (κ3) is 6.61. The number of hydrogen-bond donors (Lipinski definition) is 2. The van der Waals surface area contributed by atoms with Gasteiger partial charge in [-0.3, -0.25) is 14.7 Å². The average Bonchev–Trinajstić information content (AvgIpc) is 3.39. The van der Waals surface area contributed by atoms with Crippen LogP contribution in [0.4, 0.5) is 4.39 Å². The smallest absolute Gasteiger partial charge is 0.338 e. The molecule has 0 amide bonds. The number of carboxylic acid groups (broad SMARTS) is 1. The monoisotopic (exact) mass is 594 g/mol. The molecule has 0 spiro atoms. The minimum atomic E-state index is -0.862. The minimum absolute atomic E-state index is 0.183. The molecule has 3 heterocycles. The van der Waals surface area contributed by atoms with E-state index in [0.717, 1.165) is 0 Å². The largest absolute Gasteiger partial charge is 0.481 e. The molecule has 2 aromatic rings. The number of nitrogens with one attached hydrogen (secondary N) is 1. The summed E-state index contributed by atoms with van der Waals surface area (Å²) in [6, 6.07) is 3.52. The molecular weight excluding hydrogens is 567 g/mol. The van der Waals surface area contributed by atoms with Crippen molar-refractivity contribution in [2.24, 2.45) is 10.9 Å². The highest BCUT2D eigenvalue weighted by Gasteiger charge is 2.35. The van der Waals surface area contributed by atoms with E-state index in [2.05, 4.69) is 31.1 Å². The second-order valence-corrected chi connectivity index (χ2v) is 10.6. The second-order valence-electron chi connectivity index (χ2n) is 8.82. The molecule has 0 bridgehead atoms. The molecule has 1 saturated heterocycles. The van der Waals surface area contributed by atoms with Crippen molar-refractivity contribution in [1.29, 1.82) is 0 Å². The van der Waals surface area contributed by atoms with Crippen LogP contribution in [0.3, 0.4) is 0 Å². The zero-order valence-corrected chi connectivity index (χ0v) is 22.8. The van der Waals surface area contributed by atoms with Gasteiger partial charge >= 0.3 is 11.9 Å². The van der Waals surface area contributed by atoms with Gasteiger partial charge in [0.1, 0.15) is 11.9 Å². The summed E-state index contributed by atoms with van der Waals surface area (Å²) in [6.45, 7) is 5.49.